The number of carbonyl (C=O) groups is 3. The number of nitrogens with one attached hydrogen (secondary N) is 1. The number of esters is 1. The van der Waals surface area contributed by atoms with Gasteiger partial charge in [0.2, 0.25) is 5.91 Å². The van der Waals surface area contributed by atoms with Crippen LogP contribution in [0.2, 0.25) is 0 Å². The van der Waals surface area contributed by atoms with Gasteiger partial charge in [-0.25, -0.2) is 4.79 Å². The van der Waals surface area contributed by atoms with Crippen molar-refractivity contribution in [1.82, 2.24) is 0 Å². The maximum absolute atomic E-state index is 13.4. The summed E-state index contributed by atoms with van der Waals surface area (Å²) in [5.74, 6) is 0.362. The number of para-hydroxylation sites is 1. The van der Waals surface area contributed by atoms with E-state index in [9.17, 15) is 14.4 Å². The van der Waals surface area contributed by atoms with Crippen molar-refractivity contribution in [2.24, 2.45) is 5.92 Å². The minimum Gasteiger partial charge on any atom is -0.492 e. The molecule has 1 aliphatic rings. The van der Waals surface area contributed by atoms with Gasteiger partial charge in [-0.3, -0.25) is 9.59 Å². The molecule has 0 saturated heterocycles. The fraction of sp³-hybridized carbons (Fsp3) is 0.289. The third kappa shape index (κ3) is 8.18. The lowest BCUT2D eigenvalue weighted by Gasteiger charge is -2.26. The van der Waals surface area contributed by atoms with Crippen molar-refractivity contribution in [2.75, 3.05) is 30.5 Å². The Hall–Kier alpha value is -4.91. The maximum Gasteiger partial charge on any atom is 0.328 e. The fourth-order valence-corrected chi connectivity index (χ4v) is 5.77. The average Bonchev–Trinajstić information content (AvgIpc) is 3.63. The number of rotatable bonds is 13. The van der Waals surface area contributed by atoms with Gasteiger partial charge in [-0.05, 0) is 61.7 Å². The molecule has 1 aliphatic carbocycles. The molecule has 7 nitrogen and oxygen atoms in total. The van der Waals surface area contributed by atoms with Crippen LogP contribution in [-0.4, -0.2) is 44.0 Å². The van der Waals surface area contributed by atoms with Crippen molar-refractivity contribution < 1.29 is 23.9 Å². The van der Waals surface area contributed by atoms with Crippen LogP contribution in [0.3, 0.4) is 0 Å². The first kappa shape index (κ1) is 31.5. The first-order chi connectivity index (χ1) is 21.9. The van der Waals surface area contributed by atoms with Gasteiger partial charge >= 0.3 is 5.97 Å². The first-order valence-electron chi connectivity index (χ1n) is 15.6. The number of nitrogens with zero attached hydrogens (tertiary/aromatic N) is 1. The molecule has 0 radical (unpaired) electrons. The third-order valence-electron chi connectivity index (χ3n) is 8.29. The molecular formula is C38H40N2O5. The van der Waals surface area contributed by atoms with Crippen molar-refractivity contribution in [3.8, 4) is 5.75 Å². The summed E-state index contributed by atoms with van der Waals surface area (Å²) >= 11 is 0. The molecule has 45 heavy (non-hydrogen) atoms. The van der Waals surface area contributed by atoms with Gasteiger partial charge in [-0.1, -0.05) is 85.1 Å². The smallest absolute Gasteiger partial charge is 0.328 e. The Morgan fingerprint density at radius 2 is 1.51 bits per heavy atom. The second-order valence-corrected chi connectivity index (χ2v) is 11.5. The number of carbonyl (C=O) groups excluding carboxylic acids is 3. The van der Waals surface area contributed by atoms with Crippen LogP contribution in [0.4, 0.5) is 11.4 Å². The van der Waals surface area contributed by atoms with Crippen molar-refractivity contribution >= 4 is 29.0 Å². The van der Waals surface area contributed by atoms with E-state index < -0.39 is 12.0 Å². The van der Waals surface area contributed by atoms with Gasteiger partial charge in [0.05, 0.1) is 13.7 Å². The highest BCUT2D eigenvalue weighted by Crippen LogP contribution is 2.29. The maximum atomic E-state index is 13.4. The number of hydrogen-bond acceptors (Lipinski definition) is 6. The summed E-state index contributed by atoms with van der Waals surface area (Å²) in [6.07, 6.45) is 4.44. The summed E-state index contributed by atoms with van der Waals surface area (Å²) in [6, 6.07) is 31.1. The minimum absolute atomic E-state index is 0.0744. The summed E-state index contributed by atoms with van der Waals surface area (Å²) in [4.78, 5) is 41.2. The second-order valence-electron chi connectivity index (χ2n) is 11.5. The lowest BCUT2D eigenvalue weighted by molar-refractivity contribution is -0.141. The molecule has 1 fully saturated rings. The Labute approximate surface area is 265 Å². The normalized spacial score (nSPS) is 13.6. The number of hydrogen-bond donors (Lipinski definition) is 1. The van der Waals surface area contributed by atoms with Crippen LogP contribution < -0.4 is 15.0 Å². The van der Waals surface area contributed by atoms with Crippen molar-refractivity contribution in [3.63, 3.8) is 0 Å². The monoisotopic (exact) mass is 604 g/mol. The standard InChI is InChI=1S/C38H40N2O5/c1-27-16-20-31(21-17-27)40(37(42)30-12-6-7-13-30)24-25-45-32-22-18-28(19-23-32)26-35(38(43)44-2)39-34-15-9-8-14-33(34)36(41)29-10-4-3-5-11-29/h3-5,8-11,14-23,30,35,39H,6-7,12-13,24-26H2,1-2H3/t35-/m0/s1. The molecule has 4 aromatic carbocycles. The van der Waals surface area contributed by atoms with E-state index in [2.05, 4.69) is 5.32 Å². The van der Waals surface area contributed by atoms with Crippen LogP contribution in [0, 0.1) is 12.8 Å². The highest BCUT2D eigenvalue weighted by Gasteiger charge is 2.28. The van der Waals surface area contributed by atoms with Crippen molar-refractivity contribution in [2.45, 2.75) is 45.1 Å². The highest BCUT2D eigenvalue weighted by molar-refractivity contribution is 6.12. The Bertz CT molecular complexity index is 1580. The summed E-state index contributed by atoms with van der Waals surface area (Å²) in [5.41, 5.74) is 4.55. The van der Waals surface area contributed by atoms with Gasteiger partial charge in [0.15, 0.2) is 5.78 Å². The molecule has 232 valence electrons. The summed E-state index contributed by atoms with van der Waals surface area (Å²) in [6.45, 7) is 2.84. The van der Waals surface area contributed by atoms with E-state index in [1.165, 1.54) is 7.11 Å². The molecule has 0 bridgehead atoms. The Morgan fingerprint density at radius 1 is 0.844 bits per heavy atom. The number of ketones is 1. The van der Waals surface area contributed by atoms with Gasteiger partial charge in [0.1, 0.15) is 18.4 Å². The topological polar surface area (TPSA) is 84.9 Å². The predicted molar refractivity (Wildman–Crippen MR) is 177 cm³/mol. The molecule has 5 rings (SSSR count). The zero-order valence-corrected chi connectivity index (χ0v) is 25.9. The number of benzene rings is 4. The lowest BCUT2D eigenvalue weighted by Crippen LogP contribution is -2.38. The number of aryl methyl sites for hydroxylation is 1. The third-order valence-corrected chi connectivity index (χ3v) is 8.29. The minimum atomic E-state index is -0.712. The Balaban J connectivity index is 1.23. The van der Waals surface area contributed by atoms with Crippen LogP contribution in [-0.2, 0) is 20.7 Å². The largest absolute Gasteiger partial charge is 0.492 e. The van der Waals surface area contributed by atoms with Crippen LogP contribution >= 0.6 is 0 Å². The zero-order chi connectivity index (χ0) is 31.6. The van der Waals surface area contributed by atoms with Crippen LogP contribution in [0.25, 0.3) is 0 Å². The van der Waals surface area contributed by atoms with E-state index in [-0.39, 0.29) is 17.6 Å². The zero-order valence-electron chi connectivity index (χ0n) is 25.9. The SMILES string of the molecule is COC(=O)[C@H](Cc1ccc(OCCN(C(=O)C2CCCC2)c2ccc(C)cc2)cc1)Nc1ccccc1C(=O)c1ccccc1. The van der Waals surface area contributed by atoms with Crippen LogP contribution in [0.1, 0.15) is 52.7 Å². The first-order valence-corrected chi connectivity index (χ1v) is 15.6. The molecule has 0 unspecified atom stereocenters. The summed E-state index contributed by atoms with van der Waals surface area (Å²) in [7, 11) is 1.35. The van der Waals surface area contributed by atoms with Crippen molar-refractivity contribution in [1.29, 1.82) is 0 Å². The van der Waals surface area contributed by atoms with Gasteiger partial charge in [-0.15, -0.1) is 0 Å². The average molecular weight is 605 g/mol. The molecule has 0 aliphatic heterocycles. The number of methoxy groups -OCH3 is 1. The molecule has 1 N–H and O–H groups in total. The molecule has 4 aromatic rings. The number of amides is 1. The highest BCUT2D eigenvalue weighted by atomic mass is 16.5. The molecule has 0 spiro atoms. The molecule has 7 heteroatoms. The van der Waals surface area contributed by atoms with E-state index in [0.717, 1.165) is 42.5 Å². The molecule has 0 aromatic heterocycles. The number of ether oxygens (including phenoxy) is 2. The molecular weight excluding hydrogens is 564 g/mol. The fourth-order valence-electron chi connectivity index (χ4n) is 5.77. The van der Waals surface area contributed by atoms with E-state index in [0.29, 0.717) is 42.1 Å². The van der Waals surface area contributed by atoms with Gasteiger partial charge in [-0.2, -0.15) is 0 Å². The van der Waals surface area contributed by atoms with Gasteiger partial charge < -0.3 is 19.7 Å². The lowest BCUT2D eigenvalue weighted by atomic mass is 10.00. The molecule has 1 atom stereocenters. The van der Waals surface area contributed by atoms with Crippen LogP contribution in [0.5, 0.6) is 5.75 Å². The quantitative estimate of drug-likeness (QED) is 0.130. The van der Waals surface area contributed by atoms with Crippen LogP contribution in [0.15, 0.2) is 103 Å². The summed E-state index contributed by atoms with van der Waals surface area (Å²) < 4.78 is 11.2. The second kappa shape index (κ2) is 15.2. The Kier molecular flexibility index (Phi) is 10.6. The summed E-state index contributed by atoms with van der Waals surface area (Å²) in [5, 5.41) is 3.25. The molecule has 0 heterocycles. The Morgan fingerprint density at radius 3 is 2.20 bits per heavy atom. The molecule has 1 amide bonds. The van der Waals surface area contributed by atoms with Gasteiger partial charge in [0, 0.05) is 34.8 Å². The van der Waals surface area contributed by atoms with E-state index in [4.69, 9.17) is 9.47 Å². The number of anilines is 2. The predicted octanol–water partition coefficient (Wildman–Crippen LogP) is 7.02. The van der Waals surface area contributed by atoms with E-state index >= 15 is 0 Å². The van der Waals surface area contributed by atoms with Gasteiger partial charge in [0.25, 0.3) is 0 Å². The van der Waals surface area contributed by atoms with E-state index in [1.54, 1.807) is 30.3 Å². The van der Waals surface area contributed by atoms with E-state index in [1.807, 2.05) is 84.6 Å². The molecule has 1 saturated carbocycles. The van der Waals surface area contributed by atoms with Crippen molar-refractivity contribution in [3.05, 3.63) is 125 Å².